The van der Waals surface area contributed by atoms with Crippen molar-refractivity contribution in [2.24, 2.45) is 23.7 Å². The van der Waals surface area contributed by atoms with Crippen LogP contribution in [0.4, 0.5) is 0 Å². The summed E-state index contributed by atoms with van der Waals surface area (Å²) in [5.41, 5.74) is 0. The zero-order valence-corrected chi connectivity index (χ0v) is 16.6. The van der Waals surface area contributed by atoms with Crippen LogP contribution >= 0.6 is 11.6 Å². The van der Waals surface area contributed by atoms with Gasteiger partial charge >= 0.3 is 0 Å². The lowest BCUT2D eigenvalue weighted by molar-refractivity contribution is -0.0720. The van der Waals surface area contributed by atoms with Crippen molar-refractivity contribution in [3.8, 4) is 0 Å². The van der Waals surface area contributed by atoms with E-state index in [1.165, 1.54) is 32.1 Å². The minimum atomic E-state index is -3.41. The highest BCUT2D eigenvalue weighted by Gasteiger charge is 2.50. The lowest BCUT2D eigenvalue weighted by Crippen LogP contribution is -2.60. The molecular formula is C20H27ClN2O2S. The van der Waals surface area contributed by atoms with E-state index in [2.05, 4.69) is 4.90 Å². The Balaban J connectivity index is 1.27. The van der Waals surface area contributed by atoms with Gasteiger partial charge in [0.25, 0.3) is 0 Å². The molecule has 4 nitrogen and oxygen atoms in total. The van der Waals surface area contributed by atoms with E-state index in [0.717, 1.165) is 36.8 Å². The summed E-state index contributed by atoms with van der Waals surface area (Å²) in [6.07, 6.45) is 7.15. The van der Waals surface area contributed by atoms with Crippen LogP contribution in [0, 0.1) is 23.7 Å². The number of nitrogens with zero attached hydrogens (tertiary/aromatic N) is 2. The van der Waals surface area contributed by atoms with Gasteiger partial charge in [0, 0.05) is 37.2 Å². The van der Waals surface area contributed by atoms with Gasteiger partial charge in [-0.15, -0.1) is 0 Å². The lowest BCUT2D eigenvalue weighted by Gasteiger charge is -2.58. The van der Waals surface area contributed by atoms with Crippen LogP contribution in [0.25, 0.3) is 0 Å². The molecule has 5 aliphatic rings. The molecule has 1 heterocycles. The van der Waals surface area contributed by atoms with Gasteiger partial charge in [0.1, 0.15) is 0 Å². The molecule has 142 valence electrons. The van der Waals surface area contributed by atoms with Crippen molar-refractivity contribution >= 4 is 21.6 Å². The van der Waals surface area contributed by atoms with Crippen LogP contribution in [-0.4, -0.2) is 49.8 Å². The first-order valence-corrected chi connectivity index (χ1v) is 11.8. The molecule has 0 aromatic heterocycles. The van der Waals surface area contributed by atoms with Crippen LogP contribution in [0.2, 0.25) is 5.02 Å². The van der Waals surface area contributed by atoms with E-state index in [4.69, 9.17) is 11.6 Å². The summed E-state index contributed by atoms with van der Waals surface area (Å²) >= 11 is 5.90. The normalized spacial score (nSPS) is 38.0. The summed E-state index contributed by atoms with van der Waals surface area (Å²) in [7, 11) is -3.41. The van der Waals surface area contributed by atoms with Gasteiger partial charge in [0.15, 0.2) is 0 Å². The molecule has 4 bridgehead atoms. The number of piperazine rings is 1. The molecule has 0 amide bonds. The Morgan fingerprint density at radius 3 is 1.88 bits per heavy atom. The standard InChI is InChI=1S/C20H27ClN2O2S/c21-18-1-3-19(4-2-18)26(24,25)23-7-5-22(6-8-23)20-16-10-14-9-15(12-16)13-17(20)11-14/h1-4,14-17,20H,5-13H2. The van der Waals surface area contributed by atoms with Crippen molar-refractivity contribution in [3.63, 3.8) is 0 Å². The van der Waals surface area contributed by atoms with Crippen molar-refractivity contribution in [2.45, 2.75) is 43.0 Å². The maximum absolute atomic E-state index is 12.9. The first kappa shape index (κ1) is 17.5. The van der Waals surface area contributed by atoms with Crippen LogP contribution < -0.4 is 0 Å². The Labute approximate surface area is 161 Å². The minimum absolute atomic E-state index is 0.352. The zero-order chi connectivity index (χ0) is 17.9. The highest BCUT2D eigenvalue weighted by Crippen LogP contribution is 2.55. The van der Waals surface area contributed by atoms with E-state index in [-0.39, 0.29) is 0 Å². The molecule has 6 heteroatoms. The molecule has 1 aromatic rings. The third-order valence-corrected chi connectivity index (χ3v) is 9.49. The molecule has 0 spiro atoms. The molecule has 6 rings (SSSR count). The topological polar surface area (TPSA) is 40.6 Å². The molecule has 1 aromatic carbocycles. The summed E-state index contributed by atoms with van der Waals surface area (Å²) in [6.45, 7) is 2.96. The zero-order valence-electron chi connectivity index (χ0n) is 15.1. The van der Waals surface area contributed by atoms with E-state index in [9.17, 15) is 8.42 Å². The van der Waals surface area contributed by atoms with Gasteiger partial charge in [-0.2, -0.15) is 4.31 Å². The van der Waals surface area contributed by atoms with Gasteiger partial charge in [-0.05, 0) is 80.0 Å². The number of hydrogen-bond donors (Lipinski definition) is 0. The largest absolute Gasteiger partial charge is 0.297 e. The van der Waals surface area contributed by atoms with Gasteiger partial charge in [-0.25, -0.2) is 8.42 Å². The van der Waals surface area contributed by atoms with Crippen molar-refractivity contribution in [2.75, 3.05) is 26.2 Å². The molecule has 1 saturated heterocycles. The third kappa shape index (κ3) is 2.92. The summed E-state index contributed by atoms with van der Waals surface area (Å²) in [6, 6.07) is 7.24. The molecule has 4 saturated carbocycles. The quantitative estimate of drug-likeness (QED) is 0.788. The molecule has 1 aliphatic heterocycles. The second kappa shape index (κ2) is 6.47. The molecule has 4 aliphatic carbocycles. The van der Waals surface area contributed by atoms with E-state index < -0.39 is 10.0 Å². The molecule has 0 atom stereocenters. The Morgan fingerprint density at radius 2 is 1.35 bits per heavy atom. The second-order valence-corrected chi connectivity index (χ2v) is 11.2. The van der Waals surface area contributed by atoms with Crippen molar-refractivity contribution < 1.29 is 8.42 Å². The molecule has 0 radical (unpaired) electrons. The molecule has 0 unspecified atom stereocenters. The number of halogens is 1. The van der Waals surface area contributed by atoms with Gasteiger partial charge in [-0.1, -0.05) is 11.6 Å². The van der Waals surface area contributed by atoms with Crippen molar-refractivity contribution in [1.82, 2.24) is 9.21 Å². The van der Waals surface area contributed by atoms with E-state index in [0.29, 0.717) is 29.0 Å². The first-order valence-electron chi connectivity index (χ1n) is 10.0. The fourth-order valence-electron chi connectivity index (χ4n) is 6.49. The first-order chi connectivity index (χ1) is 12.5. The number of benzene rings is 1. The predicted molar refractivity (Wildman–Crippen MR) is 103 cm³/mol. The predicted octanol–water partition coefficient (Wildman–Crippen LogP) is 3.47. The van der Waals surface area contributed by atoms with Gasteiger partial charge in [-0.3, -0.25) is 4.90 Å². The monoisotopic (exact) mass is 394 g/mol. The fraction of sp³-hybridized carbons (Fsp3) is 0.700. The highest BCUT2D eigenvalue weighted by atomic mass is 35.5. The van der Waals surface area contributed by atoms with Gasteiger partial charge in [0.05, 0.1) is 4.90 Å². The van der Waals surface area contributed by atoms with Crippen molar-refractivity contribution in [1.29, 1.82) is 0 Å². The Morgan fingerprint density at radius 1 is 0.808 bits per heavy atom. The van der Waals surface area contributed by atoms with Crippen LogP contribution in [0.5, 0.6) is 0 Å². The van der Waals surface area contributed by atoms with Gasteiger partial charge in [0.2, 0.25) is 10.0 Å². The maximum Gasteiger partial charge on any atom is 0.243 e. The summed E-state index contributed by atoms with van der Waals surface area (Å²) in [5, 5.41) is 0.565. The molecule has 26 heavy (non-hydrogen) atoms. The van der Waals surface area contributed by atoms with E-state index in [1.807, 2.05) is 0 Å². The van der Waals surface area contributed by atoms with Crippen LogP contribution in [0.1, 0.15) is 32.1 Å². The fourth-order valence-corrected chi connectivity index (χ4v) is 8.04. The van der Waals surface area contributed by atoms with E-state index >= 15 is 0 Å². The molecule has 0 N–H and O–H groups in total. The molecule has 5 fully saturated rings. The third-order valence-electron chi connectivity index (χ3n) is 7.32. The Kier molecular flexibility index (Phi) is 4.35. The van der Waals surface area contributed by atoms with Crippen LogP contribution in [0.3, 0.4) is 0 Å². The average Bonchev–Trinajstić information content (AvgIpc) is 2.62. The average molecular weight is 395 g/mol. The summed E-state index contributed by atoms with van der Waals surface area (Å²) in [5.74, 6) is 3.71. The summed E-state index contributed by atoms with van der Waals surface area (Å²) in [4.78, 5) is 2.98. The number of sulfonamides is 1. The van der Waals surface area contributed by atoms with Crippen LogP contribution in [-0.2, 0) is 10.0 Å². The summed E-state index contributed by atoms with van der Waals surface area (Å²) < 4.78 is 27.4. The second-order valence-electron chi connectivity index (χ2n) is 8.82. The maximum atomic E-state index is 12.9. The van der Waals surface area contributed by atoms with Crippen LogP contribution in [0.15, 0.2) is 29.2 Å². The van der Waals surface area contributed by atoms with Crippen molar-refractivity contribution in [3.05, 3.63) is 29.3 Å². The van der Waals surface area contributed by atoms with Gasteiger partial charge < -0.3 is 0 Å². The Hall–Kier alpha value is -0.620. The minimum Gasteiger partial charge on any atom is -0.297 e. The Bertz CT molecular complexity index is 744. The smallest absolute Gasteiger partial charge is 0.243 e. The SMILES string of the molecule is O=S(=O)(c1ccc(Cl)cc1)N1CCN(C2C3CC4CC(C3)CC2C4)CC1. The highest BCUT2D eigenvalue weighted by molar-refractivity contribution is 7.89. The number of hydrogen-bond acceptors (Lipinski definition) is 3. The van der Waals surface area contributed by atoms with E-state index in [1.54, 1.807) is 28.6 Å². The molecular weight excluding hydrogens is 368 g/mol. The number of rotatable bonds is 3. The lowest BCUT2D eigenvalue weighted by atomic mass is 9.54.